The predicted octanol–water partition coefficient (Wildman–Crippen LogP) is 1.62. The van der Waals surface area contributed by atoms with Crippen LogP contribution in [0.4, 0.5) is 0 Å². The average Bonchev–Trinajstić information content (AvgIpc) is 2.64. The third-order valence-corrected chi connectivity index (χ3v) is 5.44. The van der Waals surface area contributed by atoms with E-state index in [0.29, 0.717) is 19.6 Å². The summed E-state index contributed by atoms with van der Waals surface area (Å²) in [4.78, 5) is 26.6. The monoisotopic (exact) mass is 349 g/mol. The van der Waals surface area contributed by atoms with Crippen molar-refractivity contribution in [1.82, 2.24) is 10.2 Å². The van der Waals surface area contributed by atoms with Gasteiger partial charge in [0.15, 0.2) is 0 Å². The summed E-state index contributed by atoms with van der Waals surface area (Å²) < 4.78 is 0. The Morgan fingerprint density at radius 2 is 2.12 bits per heavy atom. The first kappa shape index (κ1) is 18.8. The van der Waals surface area contributed by atoms with Gasteiger partial charge in [-0.25, -0.2) is 0 Å². The Morgan fingerprint density at radius 3 is 2.83 bits per heavy atom. The number of piperidine rings is 1. The summed E-state index contributed by atoms with van der Waals surface area (Å²) in [5.41, 5.74) is 6.64. The second-order valence-corrected chi connectivity index (χ2v) is 7.47. The Bertz CT molecular complexity index is 538. The average molecular weight is 350 g/mol. The van der Waals surface area contributed by atoms with E-state index in [1.54, 1.807) is 11.8 Å². The van der Waals surface area contributed by atoms with Crippen molar-refractivity contribution in [2.24, 2.45) is 11.7 Å². The topological polar surface area (TPSA) is 75.4 Å². The molecule has 0 saturated carbocycles. The van der Waals surface area contributed by atoms with Gasteiger partial charge in [0.1, 0.15) is 0 Å². The zero-order valence-corrected chi connectivity index (χ0v) is 15.1. The van der Waals surface area contributed by atoms with Gasteiger partial charge in [-0.2, -0.15) is 0 Å². The fourth-order valence-corrected chi connectivity index (χ4v) is 3.78. The fraction of sp³-hybridized carbons (Fsp3) is 0.556. The maximum absolute atomic E-state index is 12.7. The highest BCUT2D eigenvalue weighted by atomic mass is 32.2. The molecule has 0 aliphatic carbocycles. The van der Waals surface area contributed by atoms with Crippen LogP contribution in [0.3, 0.4) is 0 Å². The van der Waals surface area contributed by atoms with Crippen molar-refractivity contribution in [3.8, 4) is 0 Å². The van der Waals surface area contributed by atoms with Gasteiger partial charge in [-0.1, -0.05) is 30.3 Å². The number of thioether (sulfide) groups is 1. The molecule has 2 amide bonds. The number of nitrogens with two attached hydrogens (primary N) is 1. The maximum atomic E-state index is 12.7. The molecule has 2 unspecified atom stereocenters. The van der Waals surface area contributed by atoms with Crippen LogP contribution >= 0.6 is 11.8 Å². The van der Waals surface area contributed by atoms with E-state index >= 15 is 0 Å². The van der Waals surface area contributed by atoms with Crippen LogP contribution in [0, 0.1) is 5.92 Å². The molecule has 1 aliphatic heterocycles. The summed E-state index contributed by atoms with van der Waals surface area (Å²) in [6.45, 7) is 4.15. The van der Waals surface area contributed by atoms with E-state index in [2.05, 4.69) is 17.4 Å². The Hall–Kier alpha value is -1.53. The minimum absolute atomic E-state index is 0.0162. The van der Waals surface area contributed by atoms with Crippen molar-refractivity contribution in [2.75, 3.05) is 26.2 Å². The number of hydrogen-bond acceptors (Lipinski definition) is 4. The third kappa shape index (κ3) is 5.53. The fourth-order valence-electron chi connectivity index (χ4n) is 2.85. The van der Waals surface area contributed by atoms with Crippen LogP contribution in [-0.2, 0) is 15.3 Å². The highest BCUT2D eigenvalue weighted by Crippen LogP contribution is 2.23. The van der Waals surface area contributed by atoms with Crippen molar-refractivity contribution < 1.29 is 9.59 Å². The molecule has 3 N–H and O–H groups in total. The molecule has 5 nitrogen and oxygen atoms in total. The smallest absolute Gasteiger partial charge is 0.235 e. The minimum atomic E-state index is -0.111. The number of benzene rings is 1. The Morgan fingerprint density at radius 1 is 1.38 bits per heavy atom. The molecule has 24 heavy (non-hydrogen) atoms. The molecule has 1 aliphatic rings. The van der Waals surface area contributed by atoms with Crippen molar-refractivity contribution >= 4 is 23.6 Å². The molecule has 1 heterocycles. The largest absolute Gasteiger partial charge is 0.355 e. The van der Waals surface area contributed by atoms with Crippen LogP contribution in [0.1, 0.15) is 25.3 Å². The SMILES string of the molecule is CC(SCc1ccccc1)C(=O)N1CCCC(C(=O)NCCN)C1. The number of nitrogens with zero attached hydrogens (tertiary/aromatic N) is 1. The number of rotatable bonds is 7. The second kappa shape index (κ2) is 9.69. The van der Waals surface area contributed by atoms with Crippen molar-refractivity contribution in [2.45, 2.75) is 30.8 Å². The molecule has 1 saturated heterocycles. The lowest BCUT2D eigenvalue weighted by Gasteiger charge is -2.33. The summed E-state index contributed by atoms with van der Waals surface area (Å²) in [6, 6.07) is 10.2. The second-order valence-electron chi connectivity index (χ2n) is 6.14. The third-order valence-electron chi connectivity index (χ3n) is 4.24. The van der Waals surface area contributed by atoms with Crippen LogP contribution in [0.2, 0.25) is 0 Å². The lowest BCUT2D eigenvalue weighted by molar-refractivity contribution is -0.135. The molecule has 0 spiro atoms. The molecular formula is C18H27N3O2S. The summed E-state index contributed by atoms with van der Waals surface area (Å²) in [6.07, 6.45) is 1.72. The molecule has 6 heteroatoms. The number of carbonyl (C=O) groups excluding carboxylic acids is 2. The summed E-state index contributed by atoms with van der Waals surface area (Å²) >= 11 is 1.65. The van der Waals surface area contributed by atoms with E-state index in [1.165, 1.54) is 5.56 Å². The normalized spacial score (nSPS) is 18.9. The van der Waals surface area contributed by atoms with Gasteiger partial charge in [0.25, 0.3) is 0 Å². The summed E-state index contributed by atoms with van der Waals surface area (Å²) in [7, 11) is 0. The Balaban J connectivity index is 1.83. The molecule has 1 aromatic rings. The van der Waals surface area contributed by atoms with Crippen LogP contribution in [-0.4, -0.2) is 48.1 Å². The highest BCUT2D eigenvalue weighted by molar-refractivity contribution is 7.99. The van der Waals surface area contributed by atoms with Gasteiger partial charge >= 0.3 is 0 Å². The summed E-state index contributed by atoms with van der Waals surface area (Å²) in [5.74, 6) is 0.859. The van der Waals surface area contributed by atoms with Crippen molar-refractivity contribution in [1.29, 1.82) is 0 Å². The molecule has 0 radical (unpaired) electrons. The van der Waals surface area contributed by atoms with E-state index < -0.39 is 0 Å². The molecule has 1 fully saturated rings. The standard InChI is InChI=1S/C18H27N3O2S/c1-14(24-13-15-6-3-2-4-7-15)18(23)21-11-5-8-16(12-21)17(22)20-10-9-19/h2-4,6-7,14,16H,5,8-13,19H2,1H3,(H,20,22). The number of amides is 2. The number of hydrogen-bond donors (Lipinski definition) is 2. The van der Waals surface area contributed by atoms with Gasteiger partial charge in [-0.05, 0) is 25.3 Å². The van der Waals surface area contributed by atoms with Gasteiger partial charge in [-0.15, -0.1) is 11.8 Å². The van der Waals surface area contributed by atoms with E-state index in [0.717, 1.165) is 25.1 Å². The highest BCUT2D eigenvalue weighted by Gasteiger charge is 2.30. The molecule has 2 rings (SSSR count). The molecule has 0 bridgehead atoms. The number of likely N-dealkylation sites (tertiary alicyclic amines) is 1. The predicted molar refractivity (Wildman–Crippen MR) is 98.6 cm³/mol. The minimum Gasteiger partial charge on any atom is -0.355 e. The van der Waals surface area contributed by atoms with Crippen LogP contribution < -0.4 is 11.1 Å². The van der Waals surface area contributed by atoms with Gasteiger partial charge in [0.05, 0.1) is 11.2 Å². The van der Waals surface area contributed by atoms with Crippen LogP contribution in [0.5, 0.6) is 0 Å². The molecule has 0 aromatic heterocycles. The van der Waals surface area contributed by atoms with E-state index in [-0.39, 0.29) is 23.0 Å². The summed E-state index contributed by atoms with van der Waals surface area (Å²) in [5, 5.41) is 2.73. The van der Waals surface area contributed by atoms with Crippen LogP contribution in [0.25, 0.3) is 0 Å². The maximum Gasteiger partial charge on any atom is 0.235 e. The lowest BCUT2D eigenvalue weighted by Crippen LogP contribution is -2.48. The zero-order chi connectivity index (χ0) is 17.4. The molecular weight excluding hydrogens is 322 g/mol. The lowest BCUT2D eigenvalue weighted by atomic mass is 9.97. The molecule has 132 valence electrons. The van der Waals surface area contributed by atoms with E-state index in [9.17, 15) is 9.59 Å². The first-order valence-electron chi connectivity index (χ1n) is 8.54. The van der Waals surface area contributed by atoms with Crippen LogP contribution in [0.15, 0.2) is 30.3 Å². The molecule has 1 aromatic carbocycles. The van der Waals surface area contributed by atoms with E-state index in [4.69, 9.17) is 5.73 Å². The Labute approximate surface area is 148 Å². The van der Waals surface area contributed by atoms with Gasteiger partial charge in [0, 0.05) is 31.9 Å². The van der Waals surface area contributed by atoms with Crippen molar-refractivity contribution in [3.63, 3.8) is 0 Å². The quantitative estimate of drug-likeness (QED) is 0.784. The first-order chi connectivity index (χ1) is 11.6. The Kier molecular flexibility index (Phi) is 7.59. The first-order valence-corrected chi connectivity index (χ1v) is 9.58. The number of nitrogens with one attached hydrogen (secondary N) is 1. The van der Waals surface area contributed by atoms with Gasteiger partial charge in [-0.3, -0.25) is 9.59 Å². The molecule has 2 atom stereocenters. The van der Waals surface area contributed by atoms with Crippen molar-refractivity contribution in [3.05, 3.63) is 35.9 Å². The van der Waals surface area contributed by atoms with Gasteiger partial charge < -0.3 is 16.0 Å². The van der Waals surface area contributed by atoms with Gasteiger partial charge in [0.2, 0.25) is 11.8 Å². The zero-order valence-electron chi connectivity index (χ0n) is 14.2. The number of carbonyl (C=O) groups is 2. The van der Waals surface area contributed by atoms with E-state index in [1.807, 2.05) is 30.0 Å².